The van der Waals surface area contributed by atoms with Crippen molar-refractivity contribution in [3.63, 3.8) is 0 Å². The van der Waals surface area contributed by atoms with E-state index in [0.717, 1.165) is 31.5 Å². The van der Waals surface area contributed by atoms with Gasteiger partial charge in [0.15, 0.2) is 0 Å². The molecule has 1 aliphatic carbocycles. The molecule has 0 saturated carbocycles. The minimum absolute atomic E-state index is 0.207. The Morgan fingerprint density at radius 3 is 2.79 bits per heavy atom. The standard InChI is InChI=1S/C16H20N2S/c1-12-10-19-15(18-12)9-16(11-17)7-6-13-4-2-3-5-14(13)8-16/h2-5,10H,6-9,11,17H2,1H3. The second-order valence-corrected chi connectivity index (χ2v) is 6.65. The van der Waals surface area contributed by atoms with Gasteiger partial charge in [-0.25, -0.2) is 4.98 Å². The van der Waals surface area contributed by atoms with E-state index in [1.54, 1.807) is 11.3 Å². The first kappa shape index (κ1) is 12.8. The number of aryl methyl sites for hydroxylation is 2. The van der Waals surface area contributed by atoms with E-state index in [-0.39, 0.29) is 5.41 Å². The highest BCUT2D eigenvalue weighted by molar-refractivity contribution is 7.09. The van der Waals surface area contributed by atoms with Crippen LogP contribution in [-0.4, -0.2) is 11.5 Å². The van der Waals surface area contributed by atoms with Crippen LogP contribution in [0.15, 0.2) is 29.6 Å². The average molecular weight is 272 g/mol. The molecular formula is C16H20N2S. The van der Waals surface area contributed by atoms with E-state index in [2.05, 4.69) is 41.6 Å². The number of nitrogens with two attached hydrogens (primary N) is 1. The van der Waals surface area contributed by atoms with Gasteiger partial charge in [0, 0.05) is 17.5 Å². The number of hydrogen-bond donors (Lipinski definition) is 1. The zero-order valence-electron chi connectivity index (χ0n) is 11.4. The van der Waals surface area contributed by atoms with E-state index in [0.29, 0.717) is 0 Å². The number of aromatic nitrogens is 1. The Hall–Kier alpha value is -1.19. The summed E-state index contributed by atoms with van der Waals surface area (Å²) in [6.07, 6.45) is 4.45. The molecule has 0 fully saturated rings. The fourth-order valence-electron chi connectivity index (χ4n) is 3.07. The average Bonchev–Trinajstić information content (AvgIpc) is 2.84. The molecular weight excluding hydrogens is 252 g/mol. The van der Waals surface area contributed by atoms with Gasteiger partial charge < -0.3 is 5.73 Å². The highest BCUT2D eigenvalue weighted by atomic mass is 32.1. The van der Waals surface area contributed by atoms with Crippen LogP contribution < -0.4 is 5.73 Å². The van der Waals surface area contributed by atoms with Crippen LogP contribution in [0.1, 0.15) is 28.2 Å². The van der Waals surface area contributed by atoms with Crippen molar-refractivity contribution in [2.45, 2.75) is 32.6 Å². The summed E-state index contributed by atoms with van der Waals surface area (Å²) in [5.74, 6) is 0. The third-order valence-corrected chi connectivity index (χ3v) is 5.20. The molecule has 2 aromatic rings. The van der Waals surface area contributed by atoms with E-state index in [4.69, 9.17) is 5.73 Å². The molecule has 1 aromatic heterocycles. The lowest BCUT2D eigenvalue weighted by Gasteiger charge is -2.37. The molecule has 19 heavy (non-hydrogen) atoms. The number of benzene rings is 1. The van der Waals surface area contributed by atoms with Crippen molar-refractivity contribution in [2.75, 3.05) is 6.54 Å². The van der Waals surface area contributed by atoms with Crippen molar-refractivity contribution < 1.29 is 0 Å². The number of hydrogen-bond acceptors (Lipinski definition) is 3. The predicted molar refractivity (Wildman–Crippen MR) is 80.5 cm³/mol. The third kappa shape index (κ3) is 2.58. The lowest BCUT2D eigenvalue weighted by atomic mass is 9.70. The van der Waals surface area contributed by atoms with Gasteiger partial charge in [0.05, 0.1) is 5.01 Å². The minimum atomic E-state index is 0.207. The van der Waals surface area contributed by atoms with E-state index >= 15 is 0 Å². The number of thiazole rings is 1. The van der Waals surface area contributed by atoms with Crippen molar-refractivity contribution in [1.82, 2.24) is 4.98 Å². The summed E-state index contributed by atoms with van der Waals surface area (Å²) in [5, 5.41) is 3.37. The first-order valence-corrected chi connectivity index (χ1v) is 7.77. The summed E-state index contributed by atoms with van der Waals surface area (Å²) >= 11 is 1.77. The molecule has 0 spiro atoms. The molecule has 2 N–H and O–H groups in total. The smallest absolute Gasteiger partial charge is 0.0934 e. The molecule has 1 atom stereocenters. The quantitative estimate of drug-likeness (QED) is 0.932. The maximum absolute atomic E-state index is 6.13. The maximum atomic E-state index is 6.13. The van der Waals surface area contributed by atoms with Crippen LogP contribution >= 0.6 is 11.3 Å². The lowest BCUT2D eigenvalue weighted by molar-refractivity contribution is 0.253. The molecule has 1 aromatic carbocycles. The van der Waals surface area contributed by atoms with Crippen molar-refractivity contribution >= 4 is 11.3 Å². The molecule has 100 valence electrons. The van der Waals surface area contributed by atoms with Crippen LogP contribution in [0.4, 0.5) is 0 Å². The van der Waals surface area contributed by atoms with Gasteiger partial charge in [0.2, 0.25) is 0 Å². The second kappa shape index (κ2) is 5.06. The fraction of sp³-hybridized carbons (Fsp3) is 0.438. The Kier molecular flexibility index (Phi) is 3.42. The summed E-state index contributed by atoms with van der Waals surface area (Å²) in [6.45, 7) is 2.81. The molecule has 0 aliphatic heterocycles. The highest BCUT2D eigenvalue weighted by Gasteiger charge is 2.34. The molecule has 3 heteroatoms. The first-order chi connectivity index (χ1) is 9.21. The molecule has 2 nitrogen and oxygen atoms in total. The Bertz CT molecular complexity index is 576. The van der Waals surface area contributed by atoms with Gasteiger partial charge in [0.25, 0.3) is 0 Å². The van der Waals surface area contributed by atoms with Crippen molar-refractivity contribution in [1.29, 1.82) is 0 Å². The van der Waals surface area contributed by atoms with Gasteiger partial charge in [0.1, 0.15) is 0 Å². The second-order valence-electron chi connectivity index (χ2n) is 5.71. The van der Waals surface area contributed by atoms with Gasteiger partial charge in [-0.05, 0) is 49.3 Å². The molecule has 0 saturated heterocycles. The van der Waals surface area contributed by atoms with E-state index < -0.39 is 0 Å². The minimum Gasteiger partial charge on any atom is -0.330 e. The van der Waals surface area contributed by atoms with Gasteiger partial charge >= 0.3 is 0 Å². The largest absolute Gasteiger partial charge is 0.330 e. The predicted octanol–water partition coefficient (Wildman–Crippen LogP) is 3.13. The molecule has 0 radical (unpaired) electrons. The van der Waals surface area contributed by atoms with E-state index in [1.165, 1.54) is 22.6 Å². The lowest BCUT2D eigenvalue weighted by Crippen LogP contribution is -2.38. The zero-order valence-corrected chi connectivity index (χ0v) is 12.2. The van der Waals surface area contributed by atoms with E-state index in [9.17, 15) is 0 Å². The van der Waals surface area contributed by atoms with Crippen molar-refractivity contribution in [2.24, 2.45) is 11.1 Å². The number of nitrogens with zero attached hydrogens (tertiary/aromatic N) is 1. The van der Waals surface area contributed by atoms with Gasteiger partial charge in [-0.15, -0.1) is 11.3 Å². The molecule has 1 aliphatic rings. The Labute approximate surface area is 118 Å². The Balaban J connectivity index is 1.85. The summed E-state index contributed by atoms with van der Waals surface area (Å²) in [7, 11) is 0. The van der Waals surface area contributed by atoms with Crippen molar-refractivity contribution in [3.8, 4) is 0 Å². The van der Waals surface area contributed by atoms with Gasteiger partial charge in [-0.3, -0.25) is 0 Å². The zero-order chi connectivity index (χ0) is 13.3. The summed E-state index contributed by atoms with van der Waals surface area (Å²) in [4.78, 5) is 4.62. The maximum Gasteiger partial charge on any atom is 0.0934 e. The van der Waals surface area contributed by atoms with Crippen LogP contribution in [0.25, 0.3) is 0 Å². The molecule has 0 amide bonds. The summed E-state index contributed by atoms with van der Waals surface area (Å²) in [6, 6.07) is 8.78. The van der Waals surface area contributed by atoms with Crippen LogP contribution in [0.3, 0.4) is 0 Å². The summed E-state index contributed by atoms with van der Waals surface area (Å²) in [5.41, 5.74) is 10.4. The normalized spacial score (nSPS) is 22.2. The highest BCUT2D eigenvalue weighted by Crippen LogP contribution is 2.38. The molecule has 1 heterocycles. The number of fused-ring (bicyclic) bond motifs is 1. The Morgan fingerprint density at radius 1 is 1.32 bits per heavy atom. The fourth-order valence-corrected chi connectivity index (χ4v) is 4.01. The molecule has 0 bridgehead atoms. The van der Waals surface area contributed by atoms with Crippen LogP contribution in [0.5, 0.6) is 0 Å². The van der Waals surface area contributed by atoms with Crippen LogP contribution in [0, 0.1) is 12.3 Å². The van der Waals surface area contributed by atoms with Crippen molar-refractivity contribution in [3.05, 3.63) is 51.5 Å². The van der Waals surface area contributed by atoms with Crippen LogP contribution in [0.2, 0.25) is 0 Å². The van der Waals surface area contributed by atoms with E-state index in [1.807, 2.05) is 0 Å². The van der Waals surface area contributed by atoms with Crippen LogP contribution in [-0.2, 0) is 19.3 Å². The molecule has 3 rings (SSSR count). The topological polar surface area (TPSA) is 38.9 Å². The SMILES string of the molecule is Cc1csc(CC2(CN)CCc3ccccc3C2)n1. The first-order valence-electron chi connectivity index (χ1n) is 6.89. The monoisotopic (exact) mass is 272 g/mol. The van der Waals surface area contributed by atoms with Gasteiger partial charge in [-0.2, -0.15) is 0 Å². The van der Waals surface area contributed by atoms with Gasteiger partial charge in [-0.1, -0.05) is 24.3 Å². The Morgan fingerprint density at radius 2 is 2.11 bits per heavy atom. The number of rotatable bonds is 3. The third-order valence-electron chi connectivity index (χ3n) is 4.23. The summed E-state index contributed by atoms with van der Waals surface area (Å²) < 4.78 is 0. The molecule has 1 unspecified atom stereocenters.